The summed E-state index contributed by atoms with van der Waals surface area (Å²) in [5, 5.41) is 2.77. The first kappa shape index (κ1) is 16.3. The minimum Gasteiger partial charge on any atom is -0.466 e. The summed E-state index contributed by atoms with van der Waals surface area (Å²) < 4.78 is 4.82. The fourth-order valence-electron chi connectivity index (χ4n) is 2.76. The van der Waals surface area contributed by atoms with Crippen LogP contribution in [0.25, 0.3) is 0 Å². The third kappa shape index (κ3) is 3.55. The highest BCUT2D eigenvalue weighted by molar-refractivity contribution is 6.04. The second-order valence-corrected chi connectivity index (χ2v) is 5.42. The summed E-state index contributed by atoms with van der Waals surface area (Å²) in [6, 6.07) is 0. The molecular formula is C16H22N2O4. The Morgan fingerprint density at radius 3 is 2.77 bits per heavy atom. The predicted molar refractivity (Wildman–Crippen MR) is 81.0 cm³/mol. The maximum absolute atomic E-state index is 12.2. The lowest BCUT2D eigenvalue weighted by atomic mass is 9.94. The fourth-order valence-corrected chi connectivity index (χ4v) is 2.76. The molecule has 0 unspecified atom stereocenters. The van der Waals surface area contributed by atoms with E-state index in [0.29, 0.717) is 37.3 Å². The van der Waals surface area contributed by atoms with E-state index in [1.165, 1.54) is 0 Å². The van der Waals surface area contributed by atoms with Crippen LogP contribution < -0.4 is 5.32 Å². The average molecular weight is 306 g/mol. The standard InChI is InChI=1S/C16H22N2O4/c1-3-22-13(20)8-5-9-17-16(21)15-10(2)14-11(18-15)6-4-7-12(14)19/h18H,3-9H2,1-2H3,(H,17,21). The molecular weight excluding hydrogens is 284 g/mol. The van der Waals surface area contributed by atoms with Crippen molar-refractivity contribution in [3.63, 3.8) is 0 Å². The van der Waals surface area contributed by atoms with Crippen LogP contribution in [0.2, 0.25) is 0 Å². The number of aryl methyl sites for hydroxylation is 1. The van der Waals surface area contributed by atoms with E-state index >= 15 is 0 Å². The van der Waals surface area contributed by atoms with E-state index in [9.17, 15) is 14.4 Å². The molecule has 22 heavy (non-hydrogen) atoms. The van der Waals surface area contributed by atoms with Gasteiger partial charge in [0.2, 0.25) is 0 Å². The van der Waals surface area contributed by atoms with Gasteiger partial charge in [-0.1, -0.05) is 0 Å². The molecule has 1 amide bonds. The molecule has 120 valence electrons. The van der Waals surface area contributed by atoms with Crippen LogP contribution >= 0.6 is 0 Å². The molecule has 1 aromatic rings. The molecule has 0 saturated carbocycles. The first-order valence-corrected chi connectivity index (χ1v) is 7.73. The molecule has 2 N–H and O–H groups in total. The molecule has 6 heteroatoms. The van der Waals surface area contributed by atoms with Gasteiger partial charge in [0.1, 0.15) is 5.69 Å². The first-order valence-electron chi connectivity index (χ1n) is 7.73. The molecule has 1 aliphatic rings. The maximum Gasteiger partial charge on any atom is 0.305 e. The van der Waals surface area contributed by atoms with Gasteiger partial charge in [-0.25, -0.2) is 0 Å². The van der Waals surface area contributed by atoms with Gasteiger partial charge in [0.15, 0.2) is 5.78 Å². The van der Waals surface area contributed by atoms with Gasteiger partial charge in [-0.2, -0.15) is 0 Å². The van der Waals surface area contributed by atoms with Crippen LogP contribution in [0.3, 0.4) is 0 Å². The third-order valence-electron chi connectivity index (χ3n) is 3.81. The number of H-pyrrole nitrogens is 1. The Hall–Kier alpha value is -2.11. The number of fused-ring (bicyclic) bond motifs is 1. The Morgan fingerprint density at radius 2 is 2.09 bits per heavy atom. The van der Waals surface area contributed by atoms with Crippen molar-refractivity contribution in [3.05, 3.63) is 22.5 Å². The normalized spacial score (nSPS) is 13.6. The van der Waals surface area contributed by atoms with Gasteiger partial charge in [0, 0.05) is 30.6 Å². The van der Waals surface area contributed by atoms with Crippen molar-refractivity contribution >= 4 is 17.7 Å². The van der Waals surface area contributed by atoms with Gasteiger partial charge >= 0.3 is 5.97 Å². The zero-order valence-electron chi connectivity index (χ0n) is 13.1. The quantitative estimate of drug-likeness (QED) is 0.621. The number of aromatic amines is 1. The molecule has 0 radical (unpaired) electrons. The summed E-state index contributed by atoms with van der Waals surface area (Å²) in [4.78, 5) is 38.4. The molecule has 0 aromatic carbocycles. The molecule has 1 heterocycles. The maximum atomic E-state index is 12.2. The fraction of sp³-hybridized carbons (Fsp3) is 0.562. The lowest BCUT2D eigenvalue weighted by molar-refractivity contribution is -0.143. The Kier molecular flexibility index (Phi) is 5.35. The van der Waals surface area contributed by atoms with Crippen molar-refractivity contribution < 1.29 is 19.1 Å². The highest BCUT2D eigenvalue weighted by Gasteiger charge is 2.26. The monoisotopic (exact) mass is 306 g/mol. The number of ether oxygens (including phenoxy) is 1. The number of amides is 1. The van der Waals surface area contributed by atoms with E-state index in [1.54, 1.807) is 13.8 Å². The van der Waals surface area contributed by atoms with E-state index in [-0.39, 0.29) is 24.1 Å². The summed E-state index contributed by atoms with van der Waals surface area (Å²) in [6.07, 6.45) is 2.99. The predicted octanol–water partition coefficient (Wildman–Crippen LogP) is 1.92. The van der Waals surface area contributed by atoms with E-state index in [1.807, 2.05) is 0 Å². The molecule has 6 nitrogen and oxygen atoms in total. The van der Waals surface area contributed by atoms with Crippen LogP contribution in [-0.4, -0.2) is 35.8 Å². The lowest BCUT2D eigenvalue weighted by Crippen LogP contribution is -2.26. The number of ketones is 1. The topological polar surface area (TPSA) is 88.3 Å². The van der Waals surface area contributed by atoms with Gasteiger partial charge in [-0.3, -0.25) is 14.4 Å². The lowest BCUT2D eigenvalue weighted by Gasteiger charge is -2.09. The van der Waals surface area contributed by atoms with E-state index in [4.69, 9.17) is 4.74 Å². The highest BCUT2D eigenvalue weighted by Crippen LogP contribution is 2.26. The Morgan fingerprint density at radius 1 is 1.32 bits per heavy atom. The molecule has 1 aliphatic carbocycles. The number of esters is 1. The SMILES string of the molecule is CCOC(=O)CCCNC(=O)c1[nH]c2c(c1C)C(=O)CCC2. The summed E-state index contributed by atoms with van der Waals surface area (Å²) >= 11 is 0. The van der Waals surface area contributed by atoms with Crippen LogP contribution in [0, 0.1) is 6.92 Å². The number of rotatable bonds is 6. The molecule has 0 saturated heterocycles. The van der Waals surface area contributed by atoms with Gasteiger partial charge < -0.3 is 15.0 Å². The first-order chi connectivity index (χ1) is 10.5. The van der Waals surface area contributed by atoms with Gasteiger partial charge in [0.25, 0.3) is 5.91 Å². The minimum atomic E-state index is -0.256. The van der Waals surface area contributed by atoms with Crippen LogP contribution in [0.1, 0.15) is 64.7 Å². The smallest absolute Gasteiger partial charge is 0.305 e. The van der Waals surface area contributed by atoms with E-state index < -0.39 is 0 Å². The number of aromatic nitrogens is 1. The zero-order valence-corrected chi connectivity index (χ0v) is 13.1. The number of carbonyl (C=O) groups is 3. The van der Waals surface area contributed by atoms with Gasteiger partial charge in [-0.05, 0) is 38.7 Å². The van der Waals surface area contributed by atoms with Gasteiger partial charge in [-0.15, -0.1) is 0 Å². The molecule has 0 atom stereocenters. The second kappa shape index (κ2) is 7.24. The van der Waals surface area contributed by atoms with Crippen LogP contribution in [-0.2, 0) is 16.0 Å². The highest BCUT2D eigenvalue weighted by atomic mass is 16.5. The summed E-state index contributed by atoms with van der Waals surface area (Å²) in [6.45, 7) is 4.32. The molecule has 0 spiro atoms. The van der Waals surface area contributed by atoms with Crippen molar-refractivity contribution in [2.75, 3.05) is 13.2 Å². The average Bonchev–Trinajstić information content (AvgIpc) is 2.82. The number of Topliss-reactive ketones (excluding diaryl/α,β-unsaturated/α-hetero) is 1. The number of nitrogens with one attached hydrogen (secondary N) is 2. The molecule has 2 rings (SSSR count). The Balaban J connectivity index is 1.91. The van der Waals surface area contributed by atoms with E-state index in [0.717, 1.165) is 24.1 Å². The number of carbonyl (C=O) groups excluding carboxylic acids is 3. The molecule has 0 bridgehead atoms. The van der Waals surface area contributed by atoms with Crippen molar-refractivity contribution in [1.82, 2.24) is 10.3 Å². The van der Waals surface area contributed by atoms with Crippen LogP contribution in [0.15, 0.2) is 0 Å². The van der Waals surface area contributed by atoms with Gasteiger partial charge in [0.05, 0.1) is 6.61 Å². The van der Waals surface area contributed by atoms with E-state index in [2.05, 4.69) is 10.3 Å². The summed E-state index contributed by atoms with van der Waals surface area (Å²) in [5.74, 6) is -0.381. The van der Waals surface area contributed by atoms with Crippen molar-refractivity contribution in [2.24, 2.45) is 0 Å². The Bertz CT molecular complexity index is 589. The van der Waals surface area contributed by atoms with Crippen molar-refractivity contribution in [3.8, 4) is 0 Å². The van der Waals surface area contributed by atoms with Crippen molar-refractivity contribution in [1.29, 1.82) is 0 Å². The minimum absolute atomic E-state index is 0.108. The zero-order chi connectivity index (χ0) is 16.1. The third-order valence-corrected chi connectivity index (χ3v) is 3.81. The molecule has 0 aliphatic heterocycles. The number of hydrogen-bond acceptors (Lipinski definition) is 4. The van der Waals surface area contributed by atoms with Crippen LogP contribution in [0.5, 0.6) is 0 Å². The Labute approximate surface area is 129 Å². The van der Waals surface area contributed by atoms with Crippen LogP contribution in [0.4, 0.5) is 0 Å². The number of hydrogen-bond donors (Lipinski definition) is 2. The second-order valence-electron chi connectivity index (χ2n) is 5.42. The summed E-state index contributed by atoms with van der Waals surface area (Å²) in [5.41, 5.74) is 2.73. The molecule has 1 aromatic heterocycles. The molecule has 0 fully saturated rings. The summed E-state index contributed by atoms with van der Waals surface area (Å²) in [7, 11) is 0. The van der Waals surface area contributed by atoms with Crippen molar-refractivity contribution in [2.45, 2.75) is 46.0 Å². The largest absolute Gasteiger partial charge is 0.466 e.